The number of aliphatic hydroxyl groups excluding tert-OH is 2. The van der Waals surface area contributed by atoms with E-state index >= 15 is 0 Å². The van der Waals surface area contributed by atoms with Gasteiger partial charge >= 0.3 is 0 Å². The monoisotopic (exact) mass is 420 g/mol. The summed E-state index contributed by atoms with van der Waals surface area (Å²) in [7, 11) is 0. The number of ether oxygens (including phenoxy) is 1. The molecular formula is C25H44N2O3. The first-order chi connectivity index (χ1) is 14.3. The van der Waals surface area contributed by atoms with E-state index in [0.29, 0.717) is 24.2 Å². The third-order valence-corrected chi connectivity index (χ3v) is 9.60. The Labute approximate surface area is 183 Å². The van der Waals surface area contributed by atoms with Crippen molar-refractivity contribution in [3.63, 3.8) is 0 Å². The Bertz CT molecular complexity index is 607. The lowest BCUT2D eigenvalue weighted by Crippen LogP contribution is -2.54. The molecule has 4 rings (SSSR count). The molecule has 0 aromatic rings. The van der Waals surface area contributed by atoms with E-state index in [2.05, 4.69) is 30.6 Å². The van der Waals surface area contributed by atoms with Crippen LogP contribution >= 0.6 is 0 Å². The predicted molar refractivity (Wildman–Crippen MR) is 120 cm³/mol. The maximum Gasteiger partial charge on any atom is 0.0621 e. The van der Waals surface area contributed by atoms with Crippen LogP contribution in [-0.2, 0) is 4.74 Å². The van der Waals surface area contributed by atoms with E-state index in [4.69, 9.17) is 4.74 Å². The summed E-state index contributed by atoms with van der Waals surface area (Å²) in [5.41, 5.74) is 1.64. The minimum absolute atomic E-state index is 0.0823. The van der Waals surface area contributed by atoms with Gasteiger partial charge in [0.2, 0.25) is 0 Å². The van der Waals surface area contributed by atoms with E-state index in [0.717, 1.165) is 65.2 Å². The van der Waals surface area contributed by atoms with Crippen molar-refractivity contribution < 1.29 is 14.9 Å². The largest absolute Gasteiger partial charge is 0.393 e. The molecule has 5 nitrogen and oxygen atoms in total. The van der Waals surface area contributed by atoms with E-state index in [1.807, 2.05) is 0 Å². The first kappa shape index (κ1) is 22.7. The van der Waals surface area contributed by atoms with Crippen LogP contribution in [0.3, 0.4) is 0 Å². The molecule has 3 aliphatic carbocycles. The van der Waals surface area contributed by atoms with Crippen molar-refractivity contribution in [3.8, 4) is 0 Å². The van der Waals surface area contributed by atoms with Crippen molar-refractivity contribution in [2.45, 2.75) is 71.0 Å². The molecule has 1 heterocycles. The molecule has 0 bridgehead atoms. The molecule has 1 saturated heterocycles. The molecule has 0 aromatic carbocycles. The highest BCUT2D eigenvalue weighted by molar-refractivity contribution is 5.21. The summed E-state index contributed by atoms with van der Waals surface area (Å²) >= 11 is 0. The van der Waals surface area contributed by atoms with Gasteiger partial charge in [-0.3, -0.25) is 4.90 Å². The van der Waals surface area contributed by atoms with Crippen LogP contribution in [0, 0.1) is 28.6 Å². The zero-order valence-corrected chi connectivity index (χ0v) is 19.2. The molecule has 3 N–H and O–H groups in total. The van der Waals surface area contributed by atoms with Crippen molar-refractivity contribution in [1.29, 1.82) is 0 Å². The van der Waals surface area contributed by atoms with Crippen LogP contribution < -0.4 is 5.32 Å². The molecule has 7 atom stereocenters. The van der Waals surface area contributed by atoms with Gasteiger partial charge in [-0.25, -0.2) is 0 Å². The maximum atomic E-state index is 11.1. The third kappa shape index (κ3) is 4.25. The minimum Gasteiger partial charge on any atom is -0.393 e. The van der Waals surface area contributed by atoms with Crippen LogP contribution in [0.2, 0.25) is 0 Å². The fourth-order valence-electron chi connectivity index (χ4n) is 7.35. The standard InChI is InChI=1S/C25H44N2O3/c1-18-4-5-21-20(17-26-10-11-27-12-14-30-15-13-27)22(7-9-24(18,21)2)25(3)8-6-19(28)16-23(25)29/h19-23,26,28-29H,1,4-17H2,2-3H3. The van der Waals surface area contributed by atoms with E-state index in [1.165, 1.54) is 24.8 Å². The van der Waals surface area contributed by atoms with Gasteiger partial charge in [0.05, 0.1) is 25.4 Å². The van der Waals surface area contributed by atoms with Gasteiger partial charge in [0, 0.05) is 26.2 Å². The zero-order valence-electron chi connectivity index (χ0n) is 19.2. The lowest BCUT2D eigenvalue weighted by Gasteiger charge is -2.55. The van der Waals surface area contributed by atoms with Crippen LogP contribution in [0.15, 0.2) is 12.2 Å². The molecule has 0 radical (unpaired) electrons. The van der Waals surface area contributed by atoms with Gasteiger partial charge < -0.3 is 20.3 Å². The van der Waals surface area contributed by atoms with Crippen molar-refractivity contribution >= 4 is 0 Å². The van der Waals surface area contributed by atoms with Crippen molar-refractivity contribution in [2.75, 3.05) is 45.9 Å². The quantitative estimate of drug-likeness (QED) is 0.456. The molecule has 30 heavy (non-hydrogen) atoms. The SMILES string of the molecule is C=C1CCC2C(CNCCN3CCOCC3)C(C3(C)CCC(O)CC3O)CCC12C. The summed E-state index contributed by atoms with van der Waals surface area (Å²) in [6.07, 6.45) is 6.37. The molecule has 3 saturated carbocycles. The maximum absolute atomic E-state index is 11.1. The van der Waals surface area contributed by atoms with E-state index in [9.17, 15) is 10.2 Å². The minimum atomic E-state index is -0.393. The molecule has 0 spiro atoms. The Balaban J connectivity index is 1.45. The Kier molecular flexibility index (Phi) is 6.96. The van der Waals surface area contributed by atoms with Crippen molar-refractivity contribution in [1.82, 2.24) is 10.2 Å². The Morgan fingerprint density at radius 3 is 2.60 bits per heavy atom. The zero-order chi connectivity index (χ0) is 21.4. The number of nitrogens with one attached hydrogen (secondary N) is 1. The fourth-order valence-corrected chi connectivity index (χ4v) is 7.35. The van der Waals surface area contributed by atoms with Gasteiger partial charge in [0.25, 0.3) is 0 Å². The molecule has 4 aliphatic rings. The highest BCUT2D eigenvalue weighted by Gasteiger charge is 2.56. The second-order valence-corrected chi connectivity index (χ2v) is 11.1. The van der Waals surface area contributed by atoms with Crippen molar-refractivity contribution in [3.05, 3.63) is 12.2 Å². The Hall–Kier alpha value is -0.460. The molecule has 5 heteroatoms. The molecule has 7 unspecified atom stereocenters. The number of hydrogen-bond donors (Lipinski definition) is 3. The first-order valence-electron chi connectivity index (χ1n) is 12.4. The van der Waals surface area contributed by atoms with E-state index in [1.54, 1.807) is 0 Å². The molecule has 4 fully saturated rings. The molecule has 0 aromatic heterocycles. The fraction of sp³-hybridized carbons (Fsp3) is 0.920. The second kappa shape index (κ2) is 9.19. The summed E-state index contributed by atoms with van der Waals surface area (Å²) < 4.78 is 5.47. The van der Waals surface area contributed by atoms with Crippen LogP contribution in [0.5, 0.6) is 0 Å². The van der Waals surface area contributed by atoms with Crippen LogP contribution in [0.1, 0.15) is 58.8 Å². The van der Waals surface area contributed by atoms with Crippen molar-refractivity contribution in [2.24, 2.45) is 28.6 Å². The number of nitrogens with zero attached hydrogens (tertiary/aromatic N) is 1. The van der Waals surface area contributed by atoms with Crippen LogP contribution in [0.25, 0.3) is 0 Å². The Morgan fingerprint density at radius 1 is 1.10 bits per heavy atom. The normalized spacial score (nSPS) is 45.5. The number of hydrogen-bond acceptors (Lipinski definition) is 5. The Morgan fingerprint density at radius 2 is 1.87 bits per heavy atom. The summed E-state index contributed by atoms with van der Waals surface area (Å²) in [6, 6.07) is 0. The number of fused-ring (bicyclic) bond motifs is 1. The highest BCUT2D eigenvalue weighted by atomic mass is 16.5. The number of rotatable bonds is 6. The third-order valence-electron chi connectivity index (χ3n) is 9.60. The van der Waals surface area contributed by atoms with Gasteiger partial charge in [0.1, 0.15) is 0 Å². The van der Waals surface area contributed by atoms with Crippen LogP contribution in [-0.4, -0.2) is 73.3 Å². The molecule has 1 aliphatic heterocycles. The second-order valence-electron chi connectivity index (χ2n) is 11.1. The van der Waals surface area contributed by atoms with Gasteiger partial charge in [-0.1, -0.05) is 26.0 Å². The highest BCUT2D eigenvalue weighted by Crippen LogP contribution is 2.62. The summed E-state index contributed by atoms with van der Waals surface area (Å²) in [5.74, 6) is 1.75. The first-order valence-corrected chi connectivity index (χ1v) is 12.4. The summed E-state index contributed by atoms with van der Waals surface area (Å²) in [6.45, 7) is 16.2. The van der Waals surface area contributed by atoms with Crippen LogP contribution in [0.4, 0.5) is 0 Å². The van der Waals surface area contributed by atoms with Gasteiger partial charge in [0.15, 0.2) is 0 Å². The van der Waals surface area contributed by atoms with Gasteiger partial charge in [-0.05, 0) is 80.1 Å². The summed E-state index contributed by atoms with van der Waals surface area (Å²) in [4.78, 5) is 2.49. The molecular weight excluding hydrogens is 376 g/mol. The average molecular weight is 421 g/mol. The topological polar surface area (TPSA) is 65.0 Å². The number of allylic oxidation sites excluding steroid dienone is 1. The van der Waals surface area contributed by atoms with Gasteiger partial charge in [-0.2, -0.15) is 0 Å². The molecule has 0 amide bonds. The number of aliphatic hydroxyl groups is 2. The smallest absolute Gasteiger partial charge is 0.0621 e. The predicted octanol–water partition coefficient (Wildman–Crippen LogP) is 2.82. The number of morpholine rings is 1. The average Bonchev–Trinajstić information content (AvgIpc) is 3.04. The van der Waals surface area contributed by atoms with E-state index in [-0.39, 0.29) is 16.9 Å². The lowest BCUT2D eigenvalue weighted by atomic mass is 9.51. The van der Waals surface area contributed by atoms with E-state index < -0.39 is 6.10 Å². The molecule has 172 valence electrons. The summed E-state index contributed by atoms with van der Waals surface area (Å²) in [5, 5.41) is 25.0. The van der Waals surface area contributed by atoms with Gasteiger partial charge in [-0.15, -0.1) is 0 Å². The lowest BCUT2D eigenvalue weighted by molar-refractivity contribution is -0.118.